The highest BCUT2D eigenvalue weighted by molar-refractivity contribution is 5.82. The largest absolute Gasteiger partial charge is 0.496 e. The smallest absolute Gasteiger partial charge is 0.221 e. The van der Waals surface area contributed by atoms with Crippen LogP contribution in [-0.2, 0) is 11.3 Å². The number of nitrogens with zero attached hydrogens (tertiary/aromatic N) is 1. The monoisotopic (exact) mass is 287 g/mol. The summed E-state index contributed by atoms with van der Waals surface area (Å²) in [6.07, 6.45) is 0. The Balaban J connectivity index is 2.13. The third-order valence-corrected chi connectivity index (χ3v) is 3.18. The minimum Gasteiger partial charge on any atom is -0.496 e. The maximum Gasteiger partial charge on any atom is 0.221 e. The molecule has 3 aromatic rings. The van der Waals surface area contributed by atoms with E-state index >= 15 is 0 Å². The van der Waals surface area contributed by atoms with E-state index in [4.69, 9.17) is 13.9 Å². The summed E-state index contributed by atoms with van der Waals surface area (Å²) in [5, 5.41) is 0. The number of methoxy groups -OCH3 is 2. The average Bonchev–Trinajstić information content (AvgIpc) is 2.88. The van der Waals surface area contributed by atoms with Crippen molar-refractivity contribution >= 4 is 11.1 Å². The summed E-state index contributed by atoms with van der Waals surface area (Å²) in [5.41, 5.74) is 2.40. The third kappa shape index (κ3) is 2.48. The molecule has 3 rings (SSSR count). The van der Waals surface area contributed by atoms with Crippen LogP contribution in [0.1, 0.15) is 5.89 Å². The highest BCUT2D eigenvalue weighted by atomic mass is 19.1. The number of ether oxygens (including phenoxy) is 2. The first-order chi connectivity index (χ1) is 10.2. The lowest BCUT2D eigenvalue weighted by atomic mass is 10.0. The SMILES string of the molecule is COCc1nc2cc(-c3c(F)cccc3OC)ccc2o1. The van der Waals surface area contributed by atoms with Crippen molar-refractivity contribution in [2.45, 2.75) is 6.61 Å². The van der Waals surface area contributed by atoms with Crippen LogP contribution >= 0.6 is 0 Å². The van der Waals surface area contributed by atoms with Crippen LogP contribution < -0.4 is 4.74 Å². The van der Waals surface area contributed by atoms with Gasteiger partial charge in [-0.2, -0.15) is 0 Å². The molecule has 0 atom stereocenters. The first-order valence-corrected chi connectivity index (χ1v) is 6.44. The third-order valence-electron chi connectivity index (χ3n) is 3.18. The molecule has 1 aromatic heterocycles. The Kier molecular flexibility index (Phi) is 3.58. The van der Waals surface area contributed by atoms with Gasteiger partial charge in [-0.25, -0.2) is 9.37 Å². The summed E-state index contributed by atoms with van der Waals surface area (Å²) >= 11 is 0. The van der Waals surface area contributed by atoms with Crippen LogP contribution in [0.15, 0.2) is 40.8 Å². The molecule has 0 aliphatic carbocycles. The fraction of sp³-hybridized carbons (Fsp3) is 0.188. The van der Waals surface area contributed by atoms with Crippen molar-refractivity contribution in [3.05, 3.63) is 48.1 Å². The molecule has 0 saturated heterocycles. The minimum atomic E-state index is -0.339. The molecule has 0 bridgehead atoms. The van der Waals surface area contributed by atoms with Crippen molar-refractivity contribution in [2.24, 2.45) is 0 Å². The van der Waals surface area contributed by atoms with Crippen LogP contribution in [0.25, 0.3) is 22.2 Å². The van der Waals surface area contributed by atoms with Gasteiger partial charge in [0.2, 0.25) is 5.89 Å². The van der Waals surface area contributed by atoms with Crippen LogP contribution in [0.4, 0.5) is 4.39 Å². The van der Waals surface area contributed by atoms with Crippen molar-refractivity contribution in [1.29, 1.82) is 0 Å². The number of rotatable bonds is 4. The standard InChI is InChI=1S/C16H14FNO3/c1-19-9-15-18-12-8-10(6-7-13(12)21-15)16-11(17)4-3-5-14(16)20-2/h3-8H,9H2,1-2H3. The molecule has 0 radical (unpaired) electrons. The van der Waals surface area contributed by atoms with E-state index in [9.17, 15) is 4.39 Å². The van der Waals surface area contributed by atoms with Gasteiger partial charge in [0.25, 0.3) is 0 Å². The molecule has 1 heterocycles. The zero-order chi connectivity index (χ0) is 14.8. The van der Waals surface area contributed by atoms with E-state index in [0.29, 0.717) is 40.5 Å². The predicted octanol–water partition coefficient (Wildman–Crippen LogP) is 3.79. The topological polar surface area (TPSA) is 44.5 Å². The molecule has 0 N–H and O–H groups in total. The Morgan fingerprint density at radius 2 is 2.05 bits per heavy atom. The molecule has 0 aliphatic heterocycles. The van der Waals surface area contributed by atoms with Crippen LogP contribution in [0.2, 0.25) is 0 Å². The van der Waals surface area contributed by atoms with E-state index in [1.54, 1.807) is 37.4 Å². The molecule has 0 spiro atoms. The molecule has 21 heavy (non-hydrogen) atoms. The van der Waals surface area contributed by atoms with Crippen LogP contribution in [0.5, 0.6) is 5.75 Å². The highest BCUT2D eigenvalue weighted by Gasteiger charge is 2.14. The molecule has 4 nitrogen and oxygen atoms in total. The lowest BCUT2D eigenvalue weighted by molar-refractivity contribution is 0.161. The van der Waals surface area contributed by atoms with E-state index in [1.165, 1.54) is 13.2 Å². The maximum atomic E-state index is 14.1. The number of aromatic nitrogens is 1. The van der Waals surface area contributed by atoms with E-state index in [0.717, 1.165) is 0 Å². The lowest BCUT2D eigenvalue weighted by Crippen LogP contribution is -1.91. The van der Waals surface area contributed by atoms with Gasteiger partial charge in [0, 0.05) is 7.11 Å². The molecule has 0 amide bonds. The van der Waals surface area contributed by atoms with Gasteiger partial charge < -0.3 is 13.9 Å². The molecule has 5 heteroatoms. The molecule has 0 fully saturated rings. The van der Waals surface area contributed by atoms with E-state index < -0.39 is 0 Å². The maximum absolute atomic E-state index is 14.1. The molecule has 108 valence electrons. The Hall–Kier alpha value is -2.40. The van der Waals surface area contributed by atoms with Crippen molar-refractivity contribution in [3.63, 3.8) is 0 Å². The van der Waals surface area contributed by atoms with E-state index in [1.807, 2.05) is 0 Å². The fourth-order valence-corrected chi connectivity index (χ4v) is 2.27. The van der Waals surface area contributed by atoms with Gasteiger partial charge in [-0.05, 0) is 29.8 Å². The first-order valence-electron chi connectivity index (χ1n) is 6.44. The number of benzene rings is 2. The predicted molar refractivity (Wildman–Crippen MR) is 76.7 cm³/mol. The normalized spacial score (nSPS) is 11.0. The van der Waals surface area contributed by atoms with Crippen molar-refractivity contribution < 1.29 is 18.3 Å². The van der Waals surface area contributed by atoms with Crippen LogP contribution in [0.3, 0.4) is 0 Å². The second kappa shape index (κ2) is 5.54. The Morgan fingerprint density at radius 1 is 1.19 bits per heavy atom. The number of halogens is 1. The van der Waals surface area contributed by atoms with Crippen molar-refractivity contribution in [1.82, 2.24) is 4.98 Å². The van der Waals surface area contributed by atoms with Gasteiger partial charge in [-0.3, -0.25) is 0 Å². The number of oxazole rings is 1. The molecule has 0 saturated carbocycles. The summed E-state index contributed by atoms with van der Waals surface area (Å²) in [7, 11) is 3.09. The Labute approximate surface area is 121 Å². The second-order valence-corrected chi connectivity index (χ2v) is 4.54. The average molecular weight is 287 g/mol. The minimum absolute atomic E-state index is 0.299. The lowest BCUT2D eigenvalue weighted by Gasteiger charge is -2.09. The van der Waals surface area contributed by atoms with Gasteiger partial charge in [0.15, 0.2) is 5.58 Å². The van der Waals surface area contributed by atoms with Crippen LogP contribution in [0, 0.1) is 5.82 Å². The summed E-state index contributed by atoms with van der Waals surface area (Å²) in [6, 6.07) is 10.1. The number of hydrogen-bond donors (Lipinski definition) is 0. The quantitative estimate of drug-likeness (QED) is 0.732. The zero-order valence-corrected chi connectivity index (χ0v) is 11.7. The van der Waals surface area contributed by atoms with Crippen LogP contribution in [-0.4, -0.2) is 19.2 Å². The Morgan fingerprint density at radius 3 is 2.81 bits per heavy atom. The number of hydrogen-bond acceptors (Lipinski definition) is 4. The van der Waals surface area contributed by atoms with Gasteiger partial charge in [-0.1, -0.05) is 12.1 Å². The summed E-state index contributed by atoms with van der Waals surface area (Å²) < 4.78 is 29.9. The number of fused-ring (bicyclic) bond motifs is 1. The second-order valence-electron chi connectivity index (χ2n) is 4.54. The van der Waals surface area contributed by atoms with E-state index in [2.05, 4.69) is 4.98 Å². The van der Waals surface area contributed by atoms with Gasteiger partial charge >= 0.3 is 0 Å². The first kappa shape index (κ1) is 13.6. The van der Waals surface area contributed by atoms with E-state index in [-0.39, 0.29) is 5.82 Å². The summed E-state index contributed by atoms with van der Waals surface area (Å²) in [6.45, 7) is 0.299. The molecular weight excluding hydrogens is 273 g/mol. The summed E-state index contributed by atoms with van der Waals surface area (Å²) in [5.74, 6) is 0.634. The highest BCUT2D eigenvalue weighted by Crippen LogP contribution is 2.34. The fourth-order valence-electron chi connectivity index (χ4n) is 2.27. The van der Waals surface area contributed by atoms with Gasteiger partial charge in [-0.15, -0.1) is 0 Å². The van der Waals surface area contributed by atoms with Crippen molar-refractivity contribution in [3.8, 4) is 16.9 Å². The molecule has 2 aromatic carbocycles. The summed E-state index contributed by atoms with van der Waals surface area (Å²) in [4.78, 5) is 4.32. The van der Waals surface area contributed by atoms with Crippen molar-refractivity contribution in [2.75, 3.05) is 14.2 Å². The van der Waals surface area contributed by atoms with Gasteiger partial charge in [0.05, 0.1) is 12.7 Å². The molecule has 0 unspecified atom stereocenters. The zero-order valence-electron chi connectivity index (χ0n) is 11.7. The van der Waals surface area contributed by atoms with Gasteiger partial charge in [0.1, 0.15) is 23.7 Å². The Bertz CT molecular complexity index is 782. The molecule has 0 aliphatic rings. The molecular formula is C16H14FNO3.